The van der Waals surface area contributed by atoms with Crippen LogP contribution < -0.4 is 0 Å². The highest BCUT2D eigenvalue weighted by Gasteiger charge is 2.38. The molecule has 1 aromatic rings. The van der Waals surface area contributed by atoms with Gasteiger partial charge in [0.25, 0.3) is 0 Å². The van der Waals surface area contributed by atoms with Crippen LogP contribution in [0.2, 0.25) is 0 Å². The molecule has 1 aromatic carbocycles. The van der Waals surface area contributed by atoms with Crippen LogP contribution in [0.3, 0.4) is 0 Å². The number of benzene rings is 1. The van der Waals surface area contributed by atoms with Crippen molar-refractivity contribution in [3.05, 3.63) is 35.4 Å². The summed E-state index contributed by atoms with van der Waals surface area (Å²) in [7, 11) is 4.23. The molecule has 0 bridgehead atoms. The molecule has 0 N–H and O–H groups in total. The highest BCUT2D eigenvalue weighted by Crippen LogP contribution is 2.44. The smallest absolute Gasteiger partial charge is 0.150 e. The zero-order chi connectivity index (χ0) is 11.6. The Morgan fingerprint density at radius 1 is 1.38 bits per heavy atom. The van der Waals surface area contributed by atoms with E-state index in [4.69, 9.17) is 0 Å². The van der Waals surface area contributed by atoms with Crippen molar-refractivity contribution >= 4 is 6.29 Å². The predicted octanol–water partition coefficient (Wildman–Crippen LogP) is 2.48. The number of carbonyl (C=O) groups is 1. The molecule has 2 nitrogen and oxygen atoms in total. The monoisotopic (exact) mass is 217 g/mol. The van der Waals surface area contributed by atoms with Crippen molar-refractivity contribution in [3.8, 4) is 0 Å². The van der Waals surface area contributed by atoms with Crippen molar-refractivity contribution in [2.75, 3.05) is 20.6 Å². The molecule has 1 aliphatic carbocycles. The number of nitrogens with zero attached hydrogens (tertiary/aromatic N) is 1. The molecule has 1 aliphatic rings. The highest BCUT2D eigenvalue weighted by atomic mass is 16.1. The van der Waals surface area contributed by atoms with Gasteiger partial charge < -0.3 is 4.90 Å². The van der Waals surface area contributed by atoms with Crippen LogP contribution in [0, 0.1) is 0 Å². The van der Waals surface area contributed by atoms with E-state index < -0.39 is 0 Å². The molecular weight excluding hydrogens is 198 g/mol. The van der Waals surface area contributed by atoms with E-state index in [1.165, 1.54) is 24.8 Å². The molecule has 1 saturated carbocycles. The van der Waals surface area contributed by atoms with Gasteiger partial charge >= 0.3 is 0 Å². The quantitative estimate of drug-likeness (QED) is 0.722. The molecule has 0 amide bonds. The van der Waals surface area contributed by atoms with Crippen LogP contribution in [0.4, 0.5) is 0 Å². The minimum atomic E-state index is 0.294. The average molecular weight is 217 g/mol. The maximum Gasteiger partial charge on any atom is 0.150 e. The largest absolute Gasteiger partial charge is 0.309 e. The predicted molar refractivity (Wildman–Crippen MR) is 65.9 cm³/mol. The first-order chi connectivity index (χ1) is 7.66. The molecule has 0 spiro atoms. The molecule has 0 saturated heterocycles. The summed E-state index contributed by atoms with van der Waals surface area (Å²) in [5.74, 6) is 0. The average Bonchev–Trinajstić information content (AvgIpc) is 2.23. The Balaban J connectivity index is 2.29. The standard InChI is InChI=1S/C14H19NO/c1-15(2)11-14(7-4-8-14)13-6-3-5-12(9-13)10-16/h3,5-6,9-10H,4,7-8,11H2,1-2H3. The third kappa shape index (κ3) is 2.03. The Morgan fingerprint density at radius 2 is 2.12 bits per heavy atom. The zero-order valence-corrected chi connectivity index (χ0v) is 10.1. The van der Waals surface area contributed by atoms with Gasteiger partial charge in [0.1, 0.15) is 6.29 Å². The maximum absolute atomic E-state index is 10.8. The second-order valence-corrected chi connectivity index (χ2v) is 5.11. The Bertz CT molecular complexity index is 380. The Hall–Kier alpha value is -1.15. The summed E-state index contributed by atoms with van der Waals surface area (Å²) in [6.45, 7) is 1.08. The second kappa shape index (κ2) is 4.38. The van der Waals surface area contributed by atoms with E-state index in [0.717, 1.165) is 18.4 Å². The van der Waals surface area contributed by atoms with E-state index in [1.54, 1.807) is 0 Å². The van der Waals surface area contributed by atoms with Gasteiger partial charge in [0.05, 0.1) is 0 Å². The Morgan fingerprint density at radius 3 is 2.62 bits per heavy atom. The lowest BCUT2D eigenvalue weighted by Crippen LogP contribution is -2.43. The van der Waals surface area contributed by atoms with Crippen LogP contribution in [0.1, 0.15) is 35.2 Å². The van der Waals surface area contributed by atoms with E-state index >= 15 is 0 Å². The summed E-state index contributed by atoms with van der Waals surface area (Å²) in [6.07, 6.45) is 4.73. The summed E-state index contributed by atoms with van der Waals surface area (Å²) in [6, 6.07) is 8.08. The minimum Gasteiger partial charge on any atom is -0.309 e. The third-order valence-electron chi connectivity index (χ3n) is 3.56. The van der Waals surface area contributed by atoms with Gasteiger partial charge in [-0.15, -0.1) is 0 Å². The molecule has 0 atom stereocenters. The lowest BCUT2D eigenvalue weighted by molar-refractivity contribution is 0.112. The second-order valence-electron chi connectivity index (χ2n) is 5.11. The first kappa shape index (κ1) is 11.3. The molecule has 1 fully saturated rings. The van der Waals surface area contributed by atoms with Crippen LogP contribution >= 0.6 is 0 Å². The summed E-state index contributed by atoms with van der Waals surface area (Å²) in [5, 5.41) is 0. The minimum absolute atomic E-state index is 0.294. The van der Waals surface area contributed by atoms with Crippen molar-refractivity contribution in [3.63, 3.8) is 0 Å². The molecule has 16 heavy (non-hydrogen) atoms. The molecule has 0 aromatic heterocycles. The van der Waals surface area contributed by atoms with Gasteiger partial charge in [-0.3, -0.25) is 4.79 Å². The van der Waals surface area contributed by atoms with Crippen molar-refractivity contribution in [1.82, 2.24) is 4.90 Å². The summed E-state index contributed by atoms with van der Waals surface area (Å²) < 4.78 is 0. The van der Waals surface area contributed by atoms with Gasteiger partial charge in [0.15, 0.2) is 0 Å². The van der Waals surface area contributed by atoms with Gasteiger partial charge in [-0.2, -0.15) is 0 Å². The number of hydrogen-bond acceptors (Lipinski definition) is 2. The molecule has 2 rings (SSSR count). The maximum atomic E-state index is 10.8. The third-order valence-corrected chi connectivity index (χ3v) is 3.56. The molecule has 0 radical (unpaired) electrons. The molecule has 0 aliphatic heterocycles. The number of aldehydes is 1. The fourth-order valence-corrected chi connectivity index (χ4v) is 2.69. The molecule has 2 heteroatoms. The molecule has 0 unspecified atom stereocenters. The topological polar surface area (TPSA) is 20.3 Å². The van der Waals surface area contributed by atoms with Crippen LogP contribution in [-0.2, 0) is 5.41 Å². The molecule has 0 heterocycles. The van der Waals surface area contributed by atoms with Gasteiger partial charge in [0.2, 0.25) is 0 Å². The van der Waals surface area contributed by atoms with Crippen molar-refractivity contribution in [2.24, 2.45) is 0 Å². The SMILES string of the molecule is CN(C)CC1(c2cccc(C=O)c2)CCC1. The summed E-state index contributed by atoms with van der Waals surface area (Å²) >= 11 is 0. The van der Waals surface area contributed by atoms with E-state index in [9.17, 15) is 4.79 Å². The van der Waals surface area contributed by atoms with Crippen LogP contribution in [0.25, 0.3) is 0 Å². The van der Waals surface area contributed by atoms with E-state index in [1.807, 2.05) is 12.1 Å². The lowest BCUT2D eigenvalue weighted by atomic mass is 9.64. The lowest BCUT2D eigenvalue weighted by Gasteiger charge is -2.44. The first-order valence-electron chi connectivity index (χ1n) is 5.87. The van der Waals surface area contributed by atoms with Crippen molar-refractivity contribution in [2.45, 2.75) is 24.7 Å². The van der Waals surface area contributed by atoms with Crippen LogP contribution in [0.15, 0.2) is 24.3 Å². The van der Waals surface area contributed by atoms with Crippen molar-refractivity contribution < 1.29 is 4.79 Å². The molecule has 86 valence electrons. The van der Waals surface area contributed by atoms with E-state index in [2.05, 4.69) is 31.1 Å². The fourth-order valence-electron chi connectivity index (χ4n) is 2.69. The van der Waals surface area contributed by atoms with Gasteiger partial charge in [-0.1, -0.05) is 24.6 Å². The van der Waals surface area contributed by atoms with Crippen LogP contribution in [0.5, 0.6) is 0 Å². The highest BCUT2D eigenvalue weighted by molar-refractivity contribution is 5.75. The number of likely N-dealkylation sites (N-methyl/N-ethyl adjacent to an activating group) is 1. The fraction of sp³-hybridized carbons (Fsp3) is 0.500. The van der Waals surface area contributed by atoms with E-state index in [0.29, 0.717) is 5.41 Å². The van der Waals surface area contributed by atoms with Gasteiger partial charge in [-0.05, 0) is 38.6 Å². The van der Waals surface area contributed by atoms with E-state index in [-0.39, 0.29) is 0 Å². The number of carbonyl (C=O) groups excluding carboxylic acids is 1. The van der Waals surface area contributed by atoms with Crippen molar-refractivity contribution in [1.29, 1.82) is 0 Å². The number of hydrogen-bond donors (Lipinski definition) is 0. The van der Waals surface area contributed by atoms with Gasteiger partial charge in [-0.25, -0.2) is 0 Å². The van der Waals surface area contributed by atoms with Crippen LogP contribution in [-0.4, -0.2) is 31.8 Å². The summed E-state index contributed by atoms with van der Waals surface area (Å²) in [5.41, 5.74) is 2.42. The zero-order valence-electron chi connectivity index (χ0n) is 10.1. The normalized spacial score (nSPS) is 18.2. The molecular formula is C14H19NO. The summed E-state index contributed by atoms with van der Waals surface area (Å²) in [4.78, 5) is 13.0. The van der Waals surface area contributed by atoms with Gasteiger partial charge in [0, 0.05) is 17.5 Å². The first-order valence-corrected chi connectivity index (χ1v) is 5.87. The number of rotatable bonds is 4. The Labute approximate surface area is 97.3 Å². The Kier molecular flexibility index (Phi) is 3.10.